The van der Waals surface area contributed by atoms with Gasteiger partial charge in [0, 0.05) is 30.7 Å². The van der Waals surface area contributed by atoms with Gasteiger partial charge in [0.15, 0.2) is 0 Å². The molecule has 0 bridgehead atoms. The SMILES string of the molecule is Brc1ccccc1CN1CCCOCC1. The maximum absolute atomic E-state index is 5.44. The quantitative estimate of drug-likeness (QED) is 0.819. The molecular weight excluding hydrogens is 254 g/mol. The summed E-state index contributed by atoms with van der Waals surface area (Å²) >= 11 is 3.58. The van der Waals surface area contributed by atoms with E-state index in [4.69, 9.17) is 4.74 Å². The Morgan fingerprint density at radius 3 is 2.93 bits per heavy atom. The van der Waals surface area contributed by atoms with Crippen LogP contribution in [0.2, 0.25) is 0 Å². The summed E-state index contributed by atoms with van der Waals surface area (Å²) in [4.78, 5) is 2.45. The van der Waals surface area contributed by atoms with E-state index in [1.165, 1.54) is 10.0 Å². The Bertz CT molecular complexity index is 308. The second-order valence-corrected chi connectivity index (χ2v) is 4.69. The van der Waals surface area contributed by atoms with E-state index in [9.17, 15) is 0 Å². The monoisotopic (exact) mass is 269 g/mol. The molecule has 2 rings (SSSR count). The molecule has 3 heteroatoms. The van der Waals surface area contributed by atoms with Gasteiger partial charge in [-0.25, -0.2) is 0 Å². The molecule has 15 heavy (non-hydrogen) atoms. The number of rotatable bonds is 2. The van der Waals surface area contributed by atoms with Gasteiger partial charge in [0.1, 0.15) is 0 Å². The topological polar surface area (TPSA) is 12.5 Å². The number of nitrogens with zero attached hydrogens (tertiary/aromatic N) is 1. The van der Waals surface area contributed by atoms with Crippen LogP contribution in [0.25, 0.3) is 0 Å². The molecule has 0 unspecified atom stereocenters. The van der Waals surface area contributed by atoms with Gasteiger partial charge in [-0.2, -0.15) is 0 Å². The molecular formula is C12H16BrNO. The lowest BCUT2D eigenvalue weighted by Crippen LogP contribution is -2.25. The van der Waals surface area contributed by atoms with E-state index in [-0.39, 0.29) is 0 Å². The fraction of sp³-hybridized carbons (Fsp3) is 0.500. The highest BCUT2D eigenvalue weighted by Gasteiger charge is 2.10. The van der Waals surface area contributed by atoms with E-state index in [1.54, 1.807) is 0 Å². The molecule has 0 spiro atoms. The Balaban J connectivity index is 1.98. The Hall–Kier alpha value is -0.380. The van der Waals surface area contributed by atoms with Gasteiger partial charge >= 0.3 is 0 Å². The van der Waals surface area contributed by atoms with E-state index >= 15 is 0 Å². The van der Waals surface area contributed by atoms with E-state index in [1.807, 2.05) is 0 Å². The lowest BCUT2D eigenvalue weighted by Gasteiger charge is -2.19. The Labute approximate surface area is 99.4 Å². The van der Waals surface area contributed by atoms with Crippen molar-refractivity contribution in [2.75, 3.05) is 26.3 Å². The van der Waals surface area contributed by atoms with Gasteiger partial charge in [-0.1, -0.05) is 34.1 Å². The number of hydrogen-bond donors (Lipinski definition) is 0. The fourth-order valence-electron chi connectivity index (χ4n) is 1.82. The van der Waals surface area contributed by atoms with Crippen LogP contribution in [0.5, 0.6) is 0 Å². The zero-order valence-corrected chi connectivity index (χ0v) is 10.4. The van der Waals surface area contributed by atoms with Crippen molar-refractivity contribution in [1.29, 1.82) is 0 Å². The first-order valence-corrected chi connectivity index (χ1v) is 6.19. The summed E-state index contributed by atoms with van der Waals surface area (Å²) in [6, 6.07) is 8.42. The summed E-state index contributed by atoms with van der Waals surface area (Å²) in [7, 11) is 0. The normalized spacial score (nSPS) is 18.7. The minimum absolute atomic E-state index is 0.866. The highest BCUT2D eigenvalue weighted by Crippen LogP contribution is 2.18. The second-order valence-electron chi connectivity index (χ2n) is 3.83. The molecule has 2 nitrogen and oxygen atoms in total. The van der Waals surface area contributed by atoms with Crippen molar-refractivity contribution in [3.63, 3.8) is 0 Å². The van der Waals surface area contributed by atoms with Crippen LogP contribution in [-0.4, -0.2) is 31.2 Å². The van der Waals surface area contributed by atoms with Gasteiger partial charge in [0.05, 0.1) is 6.61 Å². The fourth-order valence-corrected chi connectivity index (χ4v) is 2.23. The van der Waals surface area contributed by atoms with E-state index in [2.05, 4.69) is 45.1 Å². The third kappa shape index (κ3) is 3.30. The van der Waals surface area contributed by atoms with Gasteiger partial charge in [0.25, 0.3) is 0 Å². The van der Waals surface area contributed by atoms with Crippen molar-refractivity contribution in [3.8, 4) is 0 Å². The average Bonchev–Trinajstić information content (AvgIpc) is 2.50. The smallest absolute Gasteiger partial charge is 0.0593 e. The summed E-state index contributed by atoms with van der Waals surface area (Å²) in [5.74, 6) is 0. The molecule has 0 amide bonds. The third-order valence-corrected chi connectivity index (χ3v) is 3.44. The van der Waals surface area contributed by atoms with E-state index < -0.39 is 0 Å². The minimum atomic E-state index is 0.866. The molecule has 0 atom stereocenters. The third-order valence-electron chi connectivity index (χ3n) is 2.67. The van der Waals surface area contributed by atoms with Gasteiger partial charge in [0.2, 0.25) is 0 Å². The van der Waals surface area contributed by atoms with Crippen LogP contribution < -0.4 is 0 Å². The van der Waals surface area contributed by atoms with Gasteiger partial charge in [-0.3, -0.25) is 4.90 Å². The number of hydrogen-bond acceptors (Lipinski definition) is 2. The van der Waals surface area contributed by atoms with Crippen molar-refractivity contribution in [2.24, 2.45) is 0 Å². The zero-order chi connectivity index (χ0) is 10.5. The predicted molar refractivity (Wildman–Crippen MR) is 64.9 cm³/mol. The van der Waals surface area contributed by atoms with Crippen LogP contribution in [0.1, 0.15) is 12.0 Å². The van der Waals surface area contributed by atoms with Crippen molar-refractivity contribution in [1.82, 2.24) is 4.90 Å². The van der Waals surface area contributed by atoms with Crippen LogP contribution >= 0.6 is 15.9 Å². The van der Waals surface area contributed by atoms with E-state index in [0.717, 1.165) is 39.3 Å². The summed E-state index contributed by atoms with van der Waals surface area (Å²) in [5.41, 5.74) is 1.36. The largest absolute Gasteiger partial charge is 0.380 e. The van der Waals surface area contributed by atoms with E-state index in [0.29, 0.717) is 0 Å². The first-order valence-electron chi connectivity index (χ1n) is 5.40. The maximum atomic E-state index is 5.44. The molecule has 1 aliphatic rings. The molecule has 0 saturated carbocycles. The molecule has 82 valence electrons. The molecule has 0 aliphatic carbocycles. The lowest BCUT2D eigenvalue weighted by atomic mass is 10.2. The van der Waals surface area contributed by atoms with Crippen molar-refractivity contribution < 1.29 is 4.74 Å². The average molecular weight is 270 g/mol. The Morgan fingerprint density at radius 2 is 2.07 bits per heavy atom. The first-order chi connectivity index (χ1) is 7.36. The van der Waals surface area contributed by atoms with Crippen LogP contribution in [0, 0.1) is 0 Å². The summed E-state index contributed by atoms with van der Waals surface area (Å²) in [6.45, 7) is 4.98. The van der Waals surface area contributed by atoms with Crippen LogP contribution in [0.3, 0.4) is 0 Å². The molecule has 1 aromatic rings. The molecule has 1 saturated heterocycles. The van der Waals surface area contributed by atoms with Crippen LogP contribution in [0.15, 0.2) is 28.7 Å². The van der Waals surface area contributed by atoms with Gasteiger partial charge in [-0.15, -0.1) is 0 Å². The summed E-state index contributed by atoms with van der Waals surface area (Å²) in [6.07, 6.45) is 1.14. The number of benzene rings is 1. The highest BCUT2D eigenvalue weighted by atomic mass is 79.9. The van der Waals surface area contributed by atoms with Crippen LogP contribution in [0.4, 0.5) is 0 Å². The van der Waals surface area contributed by atoms with Crippen molar-refractivity contribution >= 4 is 15.9 Å². The standard InChI is InChI=1S/C12H16BrNO/c13-12-5-2-1-4-11(12)10-14-6-3-8-15-9-7-14/h1-2,4-5H,3,6-10H2. The minimum Gasteiger partial charge on any atom is -0.380 e. The second kappa shape index (κ2) is 5.64. The number of ether oxygens (including phenoxy) is 1. The summed E-state index contributed by atoms with van der Waals surface area (Å²) in [5, 5.41) is 0. The Morgan fingerprint density at radius 1 is 1.20 bits per heavy atom. The predicted octanol–water partition coefficient (Wildman–Crippen LogP) is 2.67. The molecule has 0 N–H and O–H groups in total. The molecule has 0 radical (unpaired) electrons. The van der Waals surface area contributed by atoms with Gasteiger partial charge in [-0.05, 0) is 18.1 Å². The Kier molecular flexibility index (Phi) is 4.18. The molecule has 1 heterocycles. The van der Waals surface area contributed by atoms with Gasteiger partial charge < -0.3 is 4.74 Å². The summed E-state index contributed by atoms with van der Waals surface area (Å²) < 4.78 is 6.64. The van der Waals surface area contributed by atoms with Crippen molar-refractivity contribution in [2.45, 2.75) is 13.0 Å². The molecule has 0 aromatic heterocycles. The molecule has 1 aromatic carbocycles. The molecule has 1 fully saturated rings. The maximum Gasteiger partial charge on any atom is 0.0593 e. The first kappa shape index (κ1) is 11.1. The molecule has 1 aliphatic heterocycles. The highest BCUT2D eigenvalue weighted by molar-refractivity contribution is 9.10. The number of halogens is 1. The van der Waals surface area contributed by atoms with Crippen molar-refractivity contribution in [3.05, 3.63) is 34.3 Å². The lowest BCUT2D eigenvalue weighted by molar-refractivity contribution is 0.140. The zero-order valence-electron chi connectivity index (χ0n) is 8.79. The van der Waals surface area contributed by atoms with Crippen LogP contribution in [-0.2, 0) is 11.3 Å².